The smallest absolute Gasteiger partial charge is 0.414 e. The van der Waals surface area contributed by atoms with Gasteiger partial charge in [-0.15, -0.1) is 12.3 Å². The molecule has 1 atom stereocenters. The van der Waals surface area contributed by atoms with E-state index in [1.54, 1.807) is 31.1 Å². The lowest BCUT2D eigenvalue weighted by Gasteiger charge is -2.24. The summed E-state index contributed by atoms with van der Waals surface area (Å²) in [6, 6.07) is 4.42. The number of anilines is 1. The van der Waals surface area contributed by atoms with Gasteiger partial charge in [-0.1, -0.05) is 20.8 Å². The third-order valence-corrected chi connectivity index (χ3v) is 6.95. The molecule has 1 aromatic carbocycles. The minimum absolute atomic E-state index is 0.107. The number of rotatable bonds is 9. The maximum Gasteiger partial charge on any atom is 0.414 e. The summed E-state index contributed by atoms with van der Waals surface area (Å²) < 4.78 is 43.4. The fourth-order valence-corrected chi connectivity index (χ4v) is 4.78. The van der Waals surface area contributed by atoms with Gasteiger partial charge in [-0.05, 0) is 37.8 Å². The van der Waals surface area contributed by atoms with E-state index in [1.165, 1.54) is 23.4 Å². The molecular weight excluding hydrogens is 535 g/mol. The normalized spacial score (nSPS) is 18.6. The lowest BCUT2D eigenvalue weighted by atomic mass is 10.1. The molecule has 0 radical (unpaired) electrons. The van der Waals surface area contributed by atoms with E-state index in [1.807, 2.05) is 4.90 Å². The van der Waals surface area contributed by atoms with Gasteiger partial charge >= 0.3 is 6.09 Å². The number of terminal acetylenes is 1. The van der Waals surface area contributed by atoms with Crippen LogP contribution in [0.15, 0.2) is 39.5 Å². The first-order chi connectivity index (χ1) is 18.9. The zero-order valence-corrected chi connectivity index (χ0v) is 24.9. The van der Waals surface area contributed by atoms with E-state index in [0.717, 1.165) is 5.92 Å². The van der Waals surface area contributed by atoms with Crippen molar-refractivity contribution in [1.82, 2.24) is 9.91 Å². The van der Waals surface area contributed by atoms with Crippen molar-refractivity contribution in [3.05, 3.63) is 35.8 Å². The van der Waals surface area contributed by atoms with Crippen molar-refractivity contribution in [2.45, 2.75) is 33.8 Å². The van der Waals surface area contributed by atoms with Gasteiger partial charge in [-0.3, -0.25) is 24.8 Å². The largest absolute Gasteiger partial charge is 0.442 e. The van der Waals surface area contributed by atoms with Crippen LogP contribution >= 0.6 is 0 Å². The number of hydrazone groups is 1. The van der Waals surface area contributed by atoms with Crippen molar-refractivity contribution in [3.63, 3.8) is 0 Å². The van der Waals surface area contributed by atoms with Gasteiger partial charge in [0.15, 0.2) is 9.84 Å². The number of halogens is 1. The highest BCUT2D eigenvalue weighted by Gasteiger charge is 2.33. The fourth-order valence-electron chi connectivity index (χ4n) is 3.50. The van der Waals surface area contributed by atoms with Crippen LogP contribution in [0.2, 0.25) is 0 Å². The van der Waals surface area contributed by atoms with Crippen LogP contribution in [0.4, 0.5) is 14.9 Å². The Morgan fingerprint density at radius 3 is 2.42 bits per heavy atom. The minimum Gasteiger partial charge on any atom is -0.442 e. The molecule has 0 bridgehead atoms. The molecule has 0 saturated carbocycles. The number of hydrogen-bond donors (Lipinski definition) is 0. The first kappa shape index (κ1) is 34.5. The SMILES string of the molecule is C#CC.C=N/C=C(\C=N/CN1CCS(=O)(=O)CC1)c1ccc(N2CC(CN(C)N=C)OC2=O)cc1F.CC(C)C. The molecule has 2 aliphatic heterocycles. The summed E-state index contributed by atoms with van der Waals surface area (Å²) in [5, 5.41) is 5.31. The van der Waals surface area contributed by atoms with Crippen molar-refractivity contribution >= 4 is 46.8 Å². The molecule has 1 unspecified atom stereocenters. The first-order valence-corrected chi connectivity index (χ1v) is 14.6. The molecule has 2 saturated heterocycles. The summed E-state index contributed by atoms with van der Waals surface area (Å²) in [5.74, 6) is 2.74. The number of amides is 1. The Balaban J connectivity index is 0.00000103. The number of nitrogens with zero attached hydrogens (tertiary/aromatic N) is 6. The zero-order chi connectivity index (χ0) is 30.3. The molecule has 40 heavy (non-hydrogen) atoms. The van der Waals surface area contributed by atoms with Crippen molar-refractivity contribution in [3.8, 4) is 12.3 Å². The molecule has 1 aromatic rings. The molecule has 0 aromatic heterocycles. The molecule has 220 valence electrons. The standard InChI is InChI=1S/C21H27FN6O4S.C4H10.C3H4/c1-23-11-16(12-25-15-27-6-8-33(30,31)9-7-27)19-5-4-17(10-20(19)22)28-14-18(32-21(28)29)13-26(3)24-2;1-4(2)3;1-3-2/h4-5,10-12,18H,1-2,6-9,13-15H2,3H3;4H,1-3H3;1H,2H3/b16-11+,25-12-;;. The van der Waals surface area contributed by atoms with E-state index < -0.39 is 27.9 Å². The molecule has 0 N–H and O–H groups in total. The molecule has 3 rings (SSSR count). The average Bonchev–Trinajstić information content (AvgIpc) is 3.24. The molecule has 1 amide bonds. The van der Waals surface area contributed by atoms with Crippen LogP contribution in [-0.4, -0.2) is 102 Å². The van der Waals surface area contributed by atoms with Gasteiger partial charge in [0.2, 0.25) is 0 Å². The van der Waals surface area contributed by atoms with Crippen LogP contribution in [0.1, 0.15) is 33.3 Å². The van der Waals surface area contributed by atoms with E-state index in [9.17, 15) is 17.6 Å². The third kappa shape index (κ3) is 12.1. The lowest BCUT2D eigenvalue weighted by Crippen LogP contribution is -2.40. The quantitative estimate of drug-likeness (QED) is 0.252. The first-order valence-electron chi connectivity index (χ1n) is 12.8. The highest BCUT2D eigenvalue weighted by molar-refractivity contribution is 7.91. The average molecular weight is 577 g/mol. The predicted molar refractivity (Wildman–Crippen MR) is 162 cm³/mol. The Bertz CT molecular complexity index is 1190. The van der Waals surface area contributed by atoms with Crippen molar-refractivity contribution in [2.75, 3.05) is 56.3 Å². The minimum atomic E-state index is -2.96. The topological polar surface area (TPSA) is 107 Å². The van der Waals surface area contributed by atoms with Crippen LogP contribution in [0, 0.1) is 24.1 Å². The van der Waals surface area contributed by atoms with Gasteiger partial charge in [0.25, 0.3) is 0 Å². The predicted octanol–water partition coefficient (Wildman–Crippen LogP) is 3.80. The second-order valence-electron chi connectivity index (χ2n) is 9.77. The summed E-state index contributed by atoms with van der Waals surface area (Å²) in [4.78, 5) is 23.6. The van der Waals surface area contributed by atoms with E-state index in [4.69, 9.17) is 4.74 Å². The molecule has 2 heterocycles. The monoisotopic (exact) mass is 576 g/mol. The highest BCUT2D eigenvalue weighted by atomic mass is 32.2. The summed E-state index contributed by atoms with van der Waals surface area (Å²) in [7, 11) is -1.25. The van der Waals surface area contributed by atoms with Crippen LogP contribution in [-0.2, 0) is 14.6 Å². The number of ether oxygens (including phenoxy) is 1. The zero-order valence-electron chi connectivity index (χ0n) is 24.1. The number of carbonyl (C=O) groups is 1. The Morgan fingerprint density at radius 2 is 1.90 bits per heavy atom. The van der Waals surface area contributed by atoms with E-state index >= 15 is 0 Å². The number of likely N-dealkylation sites (N-methyl/N-ethyl adjacent to an activating group) is 1. The Labute approximate surface area is 238 Å². The summed E-state index contributed by atoms with van der Waals surface area (Å²) in [5.41, 5.74) is 1.02. The fraction of sp³-hybridized carbons (Fsp3) is 0.500. The highest BCUT2D eigenvalue weighted by Crippen LogP contribution is 2.27. The second kappa shape index (κ2) is 17.2. The second-order valence-corrected chi connectivity index (χ2v) is 12.1. The van der Waals surface area contributed by atoms with Gasteiger partial charge in [0.1, 0.15) is 11.9 Å². The van der Waals surface area contributed by atoms with Gasteiger partial charge < -0.3 is 4.74 Å². The van der Waals surface area contributed by atoms with Gasteiger partial charge in [-0.2, -0.15) is 5.10 Å². The van der Waals surface area contributed by atoms with Gasteiger partial charge in [-0.25, -0.2) is 17.6 Å². The molecule has 0 spiro atoms. The van der Waals surface area contributed by atoms with E-state index in [-0.39, 0.29) is 23.6 Å². The number of sulfone groups is 1. The molecule has 10 nitrogen and oxygen atoms in total. The molecule has 12 heteroatoms. The molecule has 2 aliphatic rings. The maximum absolute atomic E-state index is 15.0. The number of aliphatic imine (C=N–C) groups is 2. The molecule has 2 fully saturated rings. The number of hydrogen-bond acceptors (Lipinski definition) is 9. The summed E-state index contributed by atoms with van der Waals surface area (Å²) in [6.45, 7) is 16.8. The van der Waals surface area contributed by atoms with E-state index in [0.29, 0.717) is 37.6 Å². The maximum atomic E-state index is 15.0. The number of carbonyl (C=O) groups excluding carboxylic acids is 1. The molecule has 0 aliphatic carbocycles. The number of allylic oxidation sites excluding steroid dienone is 1. The summed E-state index contributed by atoms with van der Waals surface area (Å²) >= 11 is 0. The van der Waals surface area contributed by atoms with Crippen LogP contribution in [0.25, 0.3) is 5.57 Å². The Kier molecular flexibility index (Phi) is 14.8. The van der Waals surface area contributed by atoms with Crippen molar-refractivity contribution < 1.29 is 22.3 Å². The van der Waals surface area contributed by atoms with Gasteiger partial charge in [0, 0.05) is 50.4 Å². The Morgan fingerprint density at radius 1 is 1.30 bits per heavy atom. The van der Waals surface area contributed by atoms with Crippen LogP contribution in [0.5, 0.6) is 0 Å². The number of cyclic esters (lactones) is 1. The van der Waals surface area contributed by atoms with Crippen molar-refractivity contribution in [1.29, 1.82) is 0 Å². The molecular formula is C28H41FN6O4S. The number of benzene rings is 1. The lowest BCUT2D eigenvalue weighted by molar-refractivity contribution is 0.118. The third-order valence-electron chi connectivity index (χ3n) is 5.34. The van der Waals surface area contributed by atoms with Crippen molar-refractivity contribution in [2.24, 2.45) is 21.0 Å². The van der Waals surface area contributed by atoms with Crippen LogP contribution in [0.3, 0.4) is 0 Å². The van der Waals surface area contributed by atoms with E-state index in [2.05, 4.69) is 61.6 Å². The summed E-state index contributed by atoms with van der Waals surface area (Å²) in [6.07, 6.45) is 6.50. The Hall–Kier alpha value is -3.56. The van der Waals surface area contributed by atoms with Gasteiger partial charge in [0.05, 0.1) is 37.0 Å². The van der Waals surface area contributed by atoms with Crippen LogP contribution < -0.4 is 4.90 Å².